The molecule has 0 aliphatic carbocycles. The van der Waals surface area contributed by atoms with Gasteiger partial charge >= 0.3 is 0 Å². The Labute approximate surface area is 194 Å². The monoisotopic (exact) mass is 442 g/mol. The number of nitrogens with zero attached hydrogens (tertiary/aromatic N) is 4. The first-order chi connectivity index (χ1) is 16.2. The van der Waals surface area contributed by atoms with Crippen LogP contribution in [0.2, 0.25) is 0 Å². The molecule has 0 atom stereocenters. The van der Waals surface area contributed by atoms with E-state index in [1.807, 2.05) is 76.7 Å². The number of aromatic nitrogens is 2. The zero-order valence-electron chi connectivity index (χ0n) is 18.9. The zero-order valence-corrected chi connectivity index (χ0v) is 18.9. The molecule has 1 aromatic heterocycles. The fourth-order valence-corrected chi connectivity index (χ4v) is 4.91. The summed E-state index contributed by atoms with van der Waals surface area (Å²) >= 11 is 0. The van der Waals surface area contributed by atoms with Crippen LogP contribution in [-0.4, -0.2) is 57.6 Å². The summed E-state index contributed by atoms with van der Waals surface area (Å²) in [5, 5.41) is 4.78. The second-order valence-corrected chi connectivity index (χ2v) is 9.07. The lowest BCUT2D eigenvalue weighted by atomic mass is 9.92. The Morgan fingerprint density at radius 1 is 0.818 bits per heavy atom. The summed E-state index contributed by atoms with van der Waals surface area (Å²) in [5.41, 5.74) is 3.18. The minimum Gasteiger partial charge on any atom is -0.343 e. The van der Waals surface area contributed by atoms with Crippen LogP contribution in [0, 0.1) is 5.92 Å². The summed E-state index contributed by atoms with van der Waals surface area (Å²) in [5.74, 6) is 0.663. The average molecular weight is 443 g/mol. The summed E-state index contributed by atoms with van der Waals surface area (Å²) in [6.07, 6.45) is 6.46. The lowest BCUT2D eigenvalue weighted by Crippen LogP contribution is -2.40. The van der Waals surface area contributed by atoms with Crippen LogP contribution in [-0.2, 0) is 4.79 Å². The lowest BCUT2D eigenvalue weighted by molar-refractivity contribution is -0.131. The van der Waals surface area contributed by atoms with E-state index in [0.29, 0.717) is 36.7 Å². The SMILES string of the molecule is O=C(CC1CCN(C(=O)c2cn(-c3ccccc3)nc2-c2ccccc2)CC1)N1CCCC1. The van der Waals surface area contributed by atoms with Gasteiger partial charge in [-0.2, -0.15) is 5.10 Å². The van der Waals surface area contributed by atoms with Gasteiger partial charge in [-0.25, -0.2) is 4.68 Å². The summed E-state index contributed by atoms with van der Waals surface area (Å²) in [7, 11) is 0. The Bertz CT molecular complexity index is 1100. The van der Waals surface area contributed by atoms with Crippen molar-refractivity contribution >= 4 is 11.8 Å². The summed E-state index contributed by atoms with van der Waals surface area (Å²) < 4.78 is 1.79. The van der Waals surface area contributed by atoms with Crippen LogP contribution in [0.25, 0.3) is 16.9 Å². The quantitative estimate of drug-likeness (QED) is 0.588. The number of carbonyl (C=O) groups excluding carboxylic acids is 2. The molecule has 2 fully saturated rings. The molecule has 2 saturated heterocycles. The van der Waals surface area contributed by atoms with Gasteiger partial charge in [0.15, 0.2) is 0 Å². The van der Waals surface area contributed by atoms with Crippen LogP contribution in [0.4, 0.5) is 0 Å². The van der Waals surface area contributed by atoms with Crippen molar-refractivity contribution in [2.24, 2.45) is 5.92 Å². The van der Waals surface area contributed by atoms with Crippen LogP contribution in [0.5, 0.6) is 0 Å². The highest BCUT2D eigenvalue weighted by Crippen LogP contribution is 2.28. The predicted octanol–water partition coefficient (Wildman–Crippen LogP) is 4.40. The molecule has 5 rings (SSSR count). The van der Waals surface area contributed by atoms with Crippen molar-refractivity contribution < 1.29 is 9.59 Å². The van der Waals surface area contributed by atoms with Gasteiger partial charge in [-0.1, -0.05) is 48.5 Å². The molecular formula is C27H30N4O2. The van der Waals surface area contributed by atoms with E-state index in [4.69, 9.17) is 5.10 Å². The van der Waals surface area contributed by atoms with Gasteiger partial charge in [0.05, 0.1) is 11.3 Å². The zero-order chi connectivity index (χ0) is 22.6. The number of rotatable bonds is 5. The van der Waals surface area contributed by atoms with Gasteiger partial charge in [0.25, 0.3) is 5.91 Å². The highest BCUT2D eigenvalue weighted by Gasteiger charge is 2.29. The van der Waals surface area contributed by atoms with E-state index in [0.717, 1.165) is 50.0 Å². The maximum absolute atomic E-state index is 13.6. The van der Waals surface area contributed by atoms with Gasteiger partial charge in [-0.3, -0.25) is 9.59 Å². The number of hydrogen-bond donors (Lipinski definition) is 0. The molecule has 3 heterocycles. The fourth-order valence-electron chi connectivity index (χ4n) is 4.91. The van der Waals surface area contributed by atoms with Crippen LogP contribution in [0.1, 0.15) is 42.5 Å². The van der Waals surface area contributed by atoms with Crippen LogP contribution >= 0.6 is 0 Å². The molecule has 6 heteroatoms. The normalized spacial score (nSPS) is 16.8. The van der Waals surface area contributed by atoms with E-state index in [2.05, 4.69) is 0 Å². The van der Waals surface area contributed by atoms with E-state index >= 15 is 0 Å². The summed E-state index contributed by atoms with van der Waals surface area (Å²) in [6, 6.07) is 19.8. The molecule has 2 aromatic carbocycles. The number of hydrogen-bond acceptors (Lipinski definition) is 3. The number of para-hydroxylation sites is 1. The minimum atomic E-state index is 0.0142. The summed E-state index contributed by atoms with van der Waals surface area (Å²) in [4.78, 5) is 30.0. The number of carbonyl (C=O) groups is 2. The van der Waals surface area contributed by atoms with Crippen LogP contribution < -0.4 is 0 Å². The standard InChI is InChI=1S/C27H30N4O2/c32-25(29-15-7-8-16-29)19-21-13-17-30(18-14-21)27(33)24-20-31(23-11-5-2-6-12-23)28-26(24)22-9-3-1-4-10-22/h1-6,9-12,20-21H,7-8,13-19H2. The molecule has 6 nitrogen and oxygen atoms in total. The Kier molecular flexibility index (Phi) is 6.24. The second kappa shape index (κ2) is 9.61. The smallest absolute Gasteiger partial charge is 0.257 e. The van der Waals surface area contributed by atoms with E-state index in [1.54, 1.807) is 4.68 Å². The molecule has 2 aliphatic heterocycles. The van der Waals surface area contributed by atoms with Crippen molar-refractivity contribution in [1.29, 1.82) is 0 Å². The van der Waals surface area contributed by atoms with Crippen molar-refractivity contribution in [2.75, 3.05) is 26.2 Å². The number of amides is 2. The number of likely N-dealkylation sites (tertiary alicyclic amines) is 2. The molecular weight excluding hydrogens is 412 g/mol. The minimum absolute atomic E-state index is 0.0142. The number of piperidine rings is 1. The fraction of sp³-hybridized carbons (Fsp3) is 0.370. The van der Waals surface area contributed by atoms with Crippen molar-refractivity contribution in [2.45, 2.75) is 32.1 Å². The van der Waals surface area contributed by atoms with Crippen LogP contribution in [0.15, 0.2) is 66.9 Å². The van der Waals surface area contributed by atoms with Crippen molar-refractivity contribution in [3.8, 4) is 16.9 Å². The molecule has 0 saturated carbocycles. The highest BCUT2D eigenvalue weighted by molar-refractivity contribution is 6.00. The molecule has 0 bridgehead atoms. The Balaban J connectivity index is 1.32. The van der Waals surface area contributed by atoms with E-state index in [-0.39, 0.29) is 11.8 Å². The molecule has 0 spiro atoms. The van der Waals surface area contributed by atoms with Crippen molar-refractivity contribution in [3.05, 3.63) is 72.4 Å². The Morgan fingerprint density at radius 3 is 2.12 bits per heavy atom. The van der Waals surface area contributed by atoms with Gasteiger partial charge in [0, 0.05) is 44.4 Å². The van der Waals surface area contributed by atoms with Gasteiger partial charge in [0.2, 0.25) is 5.91 Å². The third kappa shape index (κ3) is 4.70. The topological polar surface area (TPSA) is 58.4 Å². The Hall–Kier alpha value is -3.41. The largest absolute Gasteiger partial charge is 0.343 e. The first kappa shape index (κ1) is 21.4. The van der Waals surface area contributed by atoms with E-state index < -0.39 is 0 Å². The molecule has 2 amide bonds. The predicted molar refractivity (Wildman–Crippen MR) is 128 cm³/mol. The van der Waals surface area contributed by atoms with Crippen LogP contribution in [0.3, 0.4) is 0 Å². The number of benzene rings is 2. The van der Waals surface area contributed by atoms with Gasteiger partial charge < -0.3 is 9.80 Å². The molecule has 3 aromatic rings. The molecule has 0 radical (unpaired) electrons. The lowest BCUT2D eigenvalue weighted by Gasteiger charge is -2.32. The summed E-state index contributed by atoms with van der Waals surface area (Å²) in [6.45, 7) is 3.18. The molecule has 2 aliphatic rings. The van der Waals surface area contributed by atoms with E-state index in [1.165, 1.54) is 0 Å². The third-order valence-corrected chi connectivity index (χ3v) is 6.84. The molecule has 0 unspecified atom stereocenters. The van der Waals surface area contributed by atoms with Gasteiger partial charge in [-0.05, 0) is 43.7 Å². The van der Waals surface area contributed by atoms with Gasteiger partial charge in [0.1, 0.15) is 5.69 Å². The highest BCUT2D eigenvalue weighted by atomic mass is 16.2. The van der Waals surface area contributed by atoms with Gasteiger partial charge in [-0.15, -0.1) is 0 Å². The average Bonchev–Trinajstić information content (AvgIpc) is 3.56. The Morgan fingerprint density at radius 2 is 1.45 bits per heavy atom. The molecule has 170 valence electrons. The maximum Gasteiger partial charge on any atom is 0.257 e. The second-order valence-electron chi connectivity index (χ2n) is 9.07. The molecule has 33 heavy (non-hydrogen) atoms. The third-order valence-electron chi connectivity index (χ3n) is 6.84. The maximum atomic E-state index is 13.6. The molecule has 0 N–H and O–H groups in total. The van der Waals surface area contributed by atoms with Crippen molar-refractivity contribution in [1.82, 2.24) is 19.6 Å². The van der Waals surface area contributed by atoms with E-state index in [9.17, 15) is 9.59 Å². The first-order valence-electron chi connectivity index (χ1n) is 12.0. The first-order valence-corrected chi connectivity index (χ1v) is 12.0. The van der Waals surface area contributed by atoms with Crippen molar-refractivity contribution in [3.63, 3.8) is 0 Å².